The van der Waals surface area contributed by atoms with Crippen molar-refractivity contribution in [1.29, 1.82) is 0 Å². The number of alkyl halides is 1. The van der Waals surface area contributed by atoms with Gasteiger partial charge in [0.05, 0.1) is 19.8 Å². The summed E-state index contributed by atoms with van der Waals surface area (Å²) in [5.74, 6) is 3.23. The van der Waals surface area contributed by atoms with Gasteiger partial charge in [-0.15, -0.1) is 0 Å². The van der Waals surface area contributed by atoms with Gasteiger partial charge in [0.1, 0.15) is 17.5 Å². The van der Waals surface area contributed by atoms with E-state index in [4.69, 9.17) is 4.98 Å². The van der Waals surface area contributed by atoms with Gasteiger partial charge < -0.3 is 24.8 Å². The van der Waals surface area contributed by atoms with Gasteiger partial charge in [-0.25, -0.2) is 19.3 Å². The van der Waals surface area contributed by atoms with Crippen LogP contribution in [0.2, 0.25) is 0 Å². The Morgan fingerprint density at radius 3 is 2.61 bits per heavy atom. The third-order valence-corrected chi connectivity index (χ3v) is 8.80. The SMILES string of the molecule is CC(C)c1cnc(N2CC(CP(C)(C)=O)C2)c2cnc(Nc3ccnc(N4CC[C@@H](O)[C@@](C)(F)C4)n3)cc12. The molecule has 11 heteroatoms. The van der Waals surface area contributed by atoms with E-state index in [1.54, 1.807) is 17.2 Å². The lowest BCUT2D eigenvalue weighted by Gasteiger charge is -2.41. The maximum atomic E-state index is 14.7. The number of anilines is 4. The van der Waals surface area contributed by atoms with E-state index in [1.165, 1.54) is 6.92 Å². The number of pyridine rings is 2. The van der Waals surface area contributed by atoms with Crippen LogP contribution < -0.4 is 15.1 Å². The molecule has 204 valence electrons. The Bertz CT molecular complexity index is 1370. The maximum absolute atomic E-state index is 14.7. The lowest BCUT2D eigenvalue weighted by atomic mass is 9.94. The third kappa shape index (κ3) is 5.61. The Labute approximate surface area is 223 Å². The summed E-state index contributed by atoms with van der Waals surface area (Å²) in [5.41, 5.74) is -0.581. The van der Waals surface area contributed by atoms with Crippen LogP contribution in [0.5, 0.6) is 0 Å². The van der Waals surface area contributed by atoms with E-state index in [2.05, 4.69) is 39.0 Å². The Balaban J connectivity index is 1.39. The van der Waals surface area contributed by atoms with Gasteiger partial charge in [0, 0.05) is 55.7 Å². The summed E-state index contributed by atoms with van der Waals surface area (Å²) in [6.07, 6.45) is 5.54. The molecular weight excluding hydrogens is 504 g/mol. The van der Waals surface area contributed by atoms with E-state index >= 15 is 0 Å². The first-order valence-electron chi connectivity index (χ1n) is 13.2. The topological polar surface area (TPSA) is 107 Å². The second-order valence-electron chi connectivity index (χ2n) is 11.7. The molecule has 0 amide bonds. The molecule has 2 N–H and O–H groups in total. The van der Waals surface area contributed by atoms with E-state index in [9.17, 15) is 14.1 Å². The maximum Gasteiger partial charge on any atom is 0.227 e. The van der Waals surface area contributed by atoms with Crippen LogP contribution in [0.15, 0.2) is 30.7 Å². The van der Waals surface area contributed by atoms with Crippen LogP contribution in [0.1, 0.15) is 38.7 Å². The highest BCUT2D eigenvalue weighted by Crippen LogP contribution is 2.42. The molecule has 0 bridgehead atoms. The fraction of sp³-hybridized carbons (Fsp3) is 0.556. The standard InChI is InChI=1S/C27H37FN7O2P/c1-17(2)20-11-31-25(35-13-18(14-35)15-38(4,5)37)21-12-30-24(10-19(20)21)32-23-6-8-29-26(33-23)34-9-7-22(36)27(3,28)16-34/h6,8,10-12,17-18,22,36H,7,9,13-16H2,1-5H3,(H,29,30,32,33)/t22-,27+/m1/s1. The minimum Gasteiger partial charge on any atom is -0.390 e. The van der Waals surface area contributed by atoms with Gasteiger partial charge in [0.2, 0.25) is 5.95 Å². The summed E-state index contributed by atoms with van der Waals surface area (Å²) in [6.45, 7) is 11.6. The Morgan fingerprint density at radius 2 is 1.92 bits per heavy atom. The summed E-state index contributed by atoms with van der Waals surface area (Å²) in [7, 11) is -2.05. The van der Waals surface area contributed by atoms with Crippen molar-refractivity contribution < 1.29 is 14.1 Å². The van der Waals surface area contributed by atoms with Crippen LogP contribution in [0.3, 0.4) is 0 Å². The lowest BCUT2D eigenvalue weighted by molar-refractivity contribution is -0.00860. The number of aromatic nitrogens is 4. The molecule has 0 saturated carbocycles. The quantitative estimate of drug-likeness (QED) is 0.414. The van der Waals surface area contributed by atoms with E-state index in [-0.39, 0.29) is 12.5 Å². The number of piperidine rings is 1. The van der Waals surface area contributed by atoms with Crippen molar-refractivity contribution in [1.82, 2.24) is 19.9 Å². The molecule has 5 rings (SSSR count). The minimum atomic E-state index is -2.05. The molecule has 3 aromatic rings. The van der Waals surface area contributed by atoms with Crippen molar-refractivity contribution in [2.24, 2.45) is 5.92 Å². The zero-order valence-corrected chi connectivity index (χ0v) is 23.6. The van der Waals surface area contributed by atoms with Crippen molar-refractivity contribution in [2.45, 2.75) is 44.9 Å². The van der Waals surface area contributed by atoms with Gasteiger partial charge in [-0.05, 0) is 55.7 Å². The van der Waals surface area contributed by atoms with Gasteiger partial charge in [-0.2, -0.15) is 4.98 Å². The van der Waals surface area contributed by atoms with Crippen LogP contribution in [0, 0.1) is 5.92 Å². The largest absolute Gasteiger partial charge is 0.390 e. The Morgan fingerprint density at radius 1 is 1.16 bits per heavy atom. The minimum absolute atomic E-state index is 0.0325. The van der Waals surface area contributed by atoms with Crippen molar-refractivity contribution in [3.63, 3.8) is 0 Å². The van der Waals surface area contributed by atoms with Gasteiger partial charge in [0.25, 0.3) is 0 Å². The Hall–Kier alpha value is -2.84. The Kier molecular flexibility index (Phi) is 7.07. The number of nitrogens with zero attached hydrogens (tertiary/aromatic N) is 6. The van der Waals surface area contributed by atoms with Gasteiger partial charge in [-0.1, -0.05) is 13.8 Å². The summed E-state index contributed by atoms with van der Waals surface area (Å²) in [4.78, 5) is 22.4. The second-order valence-corrected chi connectivity index (χ2v) is 15.2. The number of hydrogen-bond donors (Lipinski definition) is 2. The fourth-order valence-corrected chi connectivity index (χ4v) is 6.89. The van der Waals surface area contributed by atoms with Crippen LogP contribution in [0.4, 0.5) is 27.8 Å². The monoisotopic (exact) mass is 541 g/mol. The number of halogens is 1. The van der Waals surface area contributed by atoms with Crippen molar-refractivity contribution in [3.05, 3.63) is 36.3 Å². The highest BCUT2D eigenvalue weighted by molar-refractivity contribution is 7.62. The molecule has 3 aromatic heterocycles. The highest BCUT2D eigenvalue weighted by atomic mass is 31.2. The summed E-state index contributed by atoms with van der Waals surface area (Å²) >= 11 is 0. The average Bonchev–Trinajstić information content (AvgIpc) is 2.81. The zero-order chi connectivity index (χ0) is 27.2. The highest BCUT2D eigenvalue weighted by Gasteiger charge is 2.39. The number of hydrogen-bond acceptors (Lipinski definition) is 9. The molecule has 2 aliphatic rings. The first-order chi connectivity index (χ1) is 17.9. The molecule has 2 fully saturated rings. The first-order valence-corrected chi connectivity index (χ1v) is 16.0. The zero-order valence-electron chi connectivity index (χ0n) is 22.7. The number of fused-ring (bicyclic) bond motifs is 1. The molecule has 9 nitrogen and oxygen atoms in total. The molecule has 38 heavy (non-hydrogen) atoms. The molecule has 0 aliphatic carbocycles. The van der Waals surface area contributed by atoms with Crippen LogP contribution >= 0.6 is 7.14 Å². The van der Waals surface area contributed by atoms with Gasteiger partial charge in [-0.3, -0.25) is 0 Å². The predicted molar refractivity (Wildman–Crippen MR) is 151 cm³/mol. The van der Waals surface area contributed by atoms with Gasteiger partial charge >= 0.3 is 0 Å². The van der Waals surface area contributed by atoms with Gasteiger partial charge in [0.15, 0.2) is 5.67 Å². The van der Waals surface area contributed by atoms with E-state index < -0.39 is 18.9 Å². The number of aliphatic hydroxyl groups is 1. The average molecular weight is 542 g/mol. The second kappa shape index (κ2) is 10.0. The summed E-state index contributed by atoms with van der Waals surface area (Å²) in [6, 6.07) is 3.78. The van der Waals surface area contributed by atoms with Crippen molar-refractivity contribution in [2.75, 3.05) is 60.8 Å². The normalized spacial score (nSPS) is 22.7. The molecule has 0 radical (unpaired) electrons. The number of nitrogens with one attached hydrogen (secondary N) is 1. The molecule has 2 saturated heterocycles. The molecular formula is C27H37FN7O2P. The summed E-state index contributed by atoms with van der Waals surface area (Å²) in [5, 5.41) is 15.3. The molecule has 5 heterocycles. The van der Waals surface area contributed by atoms with Crippen LogP contribution in [-0.4, -0.2) is 82.5 Å². The molecule has 2 aliphatic heterocycles. The summed E-state index contributed by atoms with van der Waals surface area (Å²) < 4.78 is 27.0. The molecule has 0 unspecified atom stereocenters. The smallest absolute Gasteiger partial charge is 0.227 e. The van der Waals surface area contributed by atoms with E-state index in [1.807, 2.05) is 31.8 Å². The van der Waals surface area contributed by atoms with Crippen LogP contribution in [-0.2, 0) is 4.57 Å². The molecule has 2 atom stereocenters. The lowest BCUT2D eigenvalue weighted by Crippen LogP contribution is -2.52. The number of rotatable bonds is 7. The molecule has 0 spiro atoms. The molecule has 0 aromatic carbocycles. The third-order valence-electron chi connectivity index (χ3n) is 7.41. The van der Waals surface area contributed by atoms with Crippen LogP contribution in [0.25, 0.3) is 10.8 Å². The van der Waals surface area contributed by atoms with E-state index in [0.29, 0.717) is 36.5 Å². The predicted octanol–water partition coefficient (Wildman–Crippen LogP) is 4.64. The van der Waals surface area contributed by atoms with Crippen molar-refractivity contribution in [3.8, 4) is 0 Å². The van der Waals surface area contributed by atoms with Crippen molar-refractivity contribution >= 4 is 41.3 Å². The van der Waals surface area contributed by atoms with E-state index in [0.717, 1.165) is 41.4 Å². The first kappa shape index (κ1) is 26.8. The fourth-order valence-electron chi connectivity index (χ4n) is 5.41. The number of aliphatic hydroxyl groups excluding tert-OH is 1.